The fourth-order valence-corrected chi connectivity index (χ4v) is 3.70. The van der Waals surface area contributed by atoms with E-state index in [1.54, 1.807) is 30.8 Å². The molecule has 2 unspecified atom stereocenters. The lowest BCUT2D eigenvalue weighted by atomic mass is 9.92. The van der Waals surface area contributed by atoms with Crippen LogP contribution >= 0.6 is 11.8 Å². The van der Waals surface area contributed by atoms with E-state index in [-0.39, 0.29) is 17.0 Å². The largest absolute Gasteiger partial charge is 0.465 e. The Labute approximate surface area is 117 Å². The molecule has 0 aliphatic carbocycles. The number of hydrogen-bond acceptors (Lipinski definition) is 4. The summed E-state index contributed by atoms with van der Waals surface area (Å²) in [4.78, 5) is 24.6. The Morgan fingerprint density at radius 3 is 2.68 bits per heavy atom. The molecule has 2 atom stereocenters. The second-order valence-corrected chi connectivity index (χ2v) is 5.86. The van der Waals surface area contributed by atoms with Crippen molar-refractivity contribution in [2.75, 3.05) is 12.4 Å². The summed E-state index contributed by atoms with van der Waals surface area (Å²) in [6, 6.07) is 9.01. The quantitative estimate of drug-likeness (QED) is 0.472. The van der Waals surface area contributed by atoms with Gasteiger partial charge in [-0.15, -0.1) is 0 Å². The van der Waals surface area contributed by atoms with Gasteiger partial charge in [0.2, 0.25) is 0 Å². The highest BCUT2D eigenvalue weighted by Gasteiger charge is 2.38. The average molecular weight is 278 g/mol. The van der Waals surface area contributed by atoms with E-state index in [1.165, 1.54) is 0 Å². The van der Waals surface area contributed by atoms with E-state index in [0.717, 1.165) is 18.6 Å². The number of esters is 1. The van der Waals surface area contributed by atoms with Crippen molar-refractivity contribution in [3.8, 4) is 0 Å². The van der Waals surface area contributed by atoms with Gasteiger partial charge >= 0.3 is 5.97 Å². The molecular weight excluding hydrogens is 260 g/mol. The zero-order chi connectivity index (χ0) is 13.7. The fourth-order valence-electron chi connectivity index (χ4n) is 2.31. The minimum atomic E-state index is -0.658. The van der Waals surface area contributed by atoms with E-state index in [1.807, 2.05) is 18.2 Å². The van der Waals surface area contributed by atoms with Gasteiger partial charge in [0.15, 0.2) is 5.78 Å². The summed E-state index contributed by atoms with van der Waals surface area (Å²) in [6.45, 7) is 2.08. The SMILES string of the molecule is CCOC(=O)C(C(=O)c1ccccc1)C1CCCS1. The first kappa shape index (κ1) is 14.1. The Morgan fingerprint density at radius 2 is 2.11 bits per heavy atom. The molecule has 1 saturated heterocycles. The second kappa shape index (κ2) is 6.75. The molecule has 0 saturated carbocycles. The second-order valence-electron chi connectivity index (χ2n) is 4.51. The number of ether oxygens (including phenoxy) is 1. The molecule has 2 rings (SSSR count). The molecule has 1 aliphatic rings. The number of benzene rings is 1. The molecule has 1 aliphatic heterocycles. The zero-order valence-electron chi connectivity index (χ0n) is 11.0. The minimum absolute atomic E-state index is 0.0618. The molecule has 0 bridgehead atoms. The van der Waals surface area contributed by atoms with Crippen LogP contribution in [0, 0.1) is 5.92 Å². The van der Waals surface area contributed by atoms with Crippen LogP contribution in [0.15, 0.2) is 30.3 Å². The van der Waals surface area contributed by atoms with Gasteiger partial charge in [0.05, 0.1) is 6.61 Å². The highest BCUT2D eigenvalue weighted by molar-refractivity contribution is 8.00. The summed E-state index contributed by atoms with van der Waals surface area (Å²) in [5.41, 5.74) is 0.591. The summed E-state index contributed by atoms with van der Waals surface area (Å²) in [5, 5.41) is 0.0618. The van der Waals surface area contributed by atoms with Crippen LogP contribution in [0.4, 0.5) is 0 Å². The maximum absolute atomic E-state index is 12.5. The number of thioether (sulfide) groups is 1. The Hall–Kier alpha value is -1.29. The lowest BCUT2D eigenvalue weighted by molar-refractivity contribution is -0.146. The van der Waals surface area contributed by atoms with Crippen molar-refractivity contribution in [2.45, 2.75) is 25.0 Å². The Bertz CT molecular complexity index is 438. The Balaban J connectivity index is 2.21. The van der Waals surface area contributed by atoms with Gasteiger partial charge in [-0.3, -0.25) is 9.59 Å². The van der Waals surface area contributed by atoms with Crippen molar-refractivity contribution in [1.29, 1.82) is 0 Å². The van der Waals surface area contributed by atoms with Gasteiger partial charge in [0.1, 0.15) is 5.92 Å². The van der Waals surface area contributed by atoms with E-state index in [9.17, 15) is 9.59 Å². The van der Waals surface area contributed by atoms with Gasteiger partial charge in [-0.1, -0.05) is 30.3 Å². The number of rotatable bonds is 5. The molecule has 0 spiro atoms. The van der Waals surface area contributed by atoms with E-state index in [4.69, 9.17) is 4.74 Å². The van der Waals surface area contributed by atoms with Crippen molar-refractivity contribution < 1.29 is 14.3 Å². The van der Waals surface area contributed by atoms with E-state index in [0.29, 0.717) is 12.2 Å². The van der Waals surface area contributed by atoms with E-state index >= 15 is 0 Å². The van der Waals surface area contributed by atoms with Crippen LogP contribution in [0.5, 0.6) is 0 Å². The first-order valence-electron chi connectivity index (χ1n) is 6.61. The van der Waals surface area contributed by atoms with Crippen molar-refractivity contribution in [3.05, 3.63) is 35.9 Å². The average Bonchev–Trinajstić information content (AvgIpc) is 2.94. The number of carbonyl (C=O) groups is 2. The topological polar surface area (TPSA) is 43.4 Å². The van der Waals surface area contributed by atoms with Crippen LogP contribution in [0.3, 0.4) is 0 Å². The molecule has 19 heavy (non-hydrogen) atoms. The van der Waals surface area contributed by atoms with Gasteiger partial charge < -0.3 is 4.74 Å². The third-order valence-electron chi connectivity index (χ3n) is 3.22. The highest BCUT2D eigenvalue weighted by Crippen LogP contribution is 2.34. The molecule has 0 amide bonds. The molecule has 3 nitrogen and oxygen atoms in total. The number of Topliss-reactive ketones (excluding diaryl/α,β-unsaturated/α-hetero) is 1. The van der Waals surface area contributed by atoms with E-state index < -0.39 is 5.92 Å². The molecule has 1 aromatic rings. The molecule has 0 N–H and O–H groups in total. The monoisotopic (exact) mass is 278 g/mol. The molecule has 0 radical (unpaired) electrons. The third kappa shape index (κ3) is 3.38. The number of carbonyl (C=O) groups excluding carboxylic acids is 2. The molecule has 102 valence electrons. The minimum Gasteiger partial charge on any atom is -0.465 e. The summed E-state index contributed by atoms with van der Waals surface area (Å²) < 4.78 is 5.09. The molecule has 1 heterocycles. The van der Waals surface area contributed by atoms with Crippen LogP contribution in [0.2, 0.25) is 0 Å². The van der Waals surface area contributed by atoms with Crippen molar-refractivity contribution in [1.82, 2.24) is 0 Å². The van der Waals surface area contributed by atoms with Gasteiger partial charge in [0.25, 0.3) is 0 Å². The van der Waals surface area contributed by atoms with Gasteiger partial charge in [0, 0.05) is 10.8 Å². The first-order valence-corrected chi connectivity index (χ1v) is 7.66. The Kier molecular flexibility index (Phi) is 5.02. The number of hydrogen-bond donors (Lipinski definition) is 0. The van der Waals surface area contributed by atoms with Crippen molar-refractivity contribution >= 4 is 23.5 Å². The van der Waals surface area contributed by atoms with Gasteiger partial charge in [-0.2, -0.15) is 11.8 Å². The zero-order valence-corrected chi connectivity index (χ0v) is 11.8. The molecule has 1 aromatic carbocycles. The third-order valence-corrected chi connectivity index (χ3v) is 4.68. The predicted molar refractivity (Wildman–Crippen MR) is 76.4 cm³/mol. The molecule has 4 heteroatoms. The van der Waals surface area contributed by atoms with Crippen LogP contribution < -0.4 is 0 Å². The lowest BCUT2D eigenvalue weighted by Gasteiger charge is -2.19. The van der Waals surface area contributed by atoms with Gasteiger partial charge in [-0.25, -0.2) is 0 Å². The van der Waals surface area contributed by atoms with Crippen LogP contribution in [-0.2, 0) is 9.53 Å². The lowest BCUT2D eigenvalue weighted by Crippen LogP contribution is -2.34. The molecule has 0 aromatic heterocycles. The predicted octanol–water partition coefficient (Wildman–Crippen LogP) is 2.94. The van der Waals surface area contributed by atoms with Gasteiger partial charge in [-0.05, 0) is 25.5 Å². The maximum atomic E-state index is 12.5. The normalized spacial score (nSPS) is 19.9. The van der Waals surface area contributed by atoms with Crippen LogP contribution in [-0.4, -0.2) is 29.4 Å². The van der Waals surface area contributed by atoms with Crippen LogP contribution in [0.25, 0.3) is 0 Å². The molecular formula is C15H18O3S. The summed E-state index contributed by atoms with van der Waals surface area (Å²) in [5.74, 6) is -0.133. The van der Waals surface area contributed by atoms with E-state index in [2.05, 4.69) is 0 Å². The van der Waals surface area contributed by atoms with Crippen molar-refractivity contribution in [3.63, 3.8) is 0 Å². The summed E-state index contributed by atoms with van der Waals surface area (Å²) in [6.07, 6.45) is 1.97. The fraction of sp³-hybridized carbons (Fsp3) is 0.467. The Morgan fingerprint density at radius 1 is 1.37 bits per heavy atom. The summed E-state index contributed by atoms with van der Waals surface area (Å²) in [7, 11) is 0. The summed E-state index contributed by atoms with van der Waals surface area (Å²) >= 11 is 1.71. The standard InChI is InChI=1S/C15H18O3S/c1-2-18-15(17)13(12-9-6-10-19-12)14(16)11-7-4-3-5-8-11/h3-5,7-8,12-13H,2,6,9-10H2,1H3. The van der Waals surface area contributed by atoms with Crippen molar-refractivity contribution in [2.24, 2.45) is 5.92 Å². The first-order chi connectivity index (χ1) is 9.24. The highest BCUT2D eigenvalue weighted by atomic mass is 32.2. The smallest absolute Gasteiger partial charge is 0.317 e. The van der Waals surface area contributed by atoms with Crippen LogP contribution in [0.1, 0.15) is 30.1 Å². The number of ketones is 1. The molecule has 1 fully saturated rings. The maximum Gasteiger partial charge on any atom is 0.317 e.